The molecule has 2 atom stereocenters. The molecule has 0 radical (unpaired) electrons. The Labute approximate surface area is 74.8 Å². The molecule has 2 fully saturated rings. The second-order valence-corrected chi connectivity index (χ2v) is 10.2. The molecule has 11 heavy (non-hydrogen) atoms. The van der Waals surface area contributed by atoms with E-state index in [1.54, 1.807) is 0 Å². The van der Waals surface area contributed by atoms with Gasteiger partial charge in [-0.2, -0.15) is 0 Å². The molecule has 0 saturated carbocycles. The first kappa shape index (κ1) is 8.26. The Balaban J connectivity index is 2.35. The van der Waals surface area contributed by atoms with Gasteiger partial charge in [-0.15, -0.1) is 0 Å². The van der Waals surface area contributed by atoms with Crippen LogP contribution in [0.5, 0.6) is 0 Å². The van der Waals surface area contributed by atoms with Crippen molar-refractivity contribution in [1.29, 1.82) is 0 Å². The average Bonchev–Trinajstić information content (AvgIpc) is 2.40. The van der Waals surface area contributed by atoms with E-state index in [2.05, 4.69) is 13.8 Å². The third-order valence-electron chi connectivity index (χ3n) is 3.78. The molecule has 2 aliphatic rings. The van der Waals surface area contributed by atoms with E-state index in [1.807, 2.05) is 0 Å². The predicted octanol–water partition coefficient (Wildman–Crippen LogP) is 3.20. The maximum atomic E-state index is 5.91. The van der Waals surface area contributed by atoms with E-state index in [1.165, 1.54) is 25.7 Å². The Morgan fingerprint density at radius 3 is 1.82 bits per heavy atom. The molecule has 0 aromatic carbocycles. The quantitative estimate of drug-likeness (QED) is 0.526. The van der Waals surface area contributed by atoms with Gasteiger partial charge in [-0.25, -0.2) is 0 Å². The molecular weight excluding hydrogens is 171 g/mol. The van der Waals surface area contributed by atoms with E-state index in [0.29, 0.717) is 0 Å². The summed E-state index contributed by atoms with van der Waals surface area (Å²) in [5, 5.41) is 0. The maximum Gasteiger partial charge on any atom is -0.0113 e. The summed E-state index contributed by atoms with van der Waals surface area (Å²) >= 11 is 5.91. The lowest BCUT2D eigenvalue weighted by molar-refractivity contribution is 0.673. The Kier molecular flexibility index (Phi) is 1.93. The number of fused-ring (bicyclic) bond motifs is 1. The van der Waals surface area contributed by atoms with Crippen molar-refractivity contribution in [3.63, 3.8) is 0 Å². The van der Waals surface area contributed by atoms with Crippen molar-refractivity contribution in [1.82, 2.24) is 0 Å². The highest BCUT2D eigenvalue weighted by Crippen LogP contribution is 2.72. The molecule has 2 rings (SSSR count). The molecule has 64 valence electrons. The van der Waals surface area contributed by atoms with Crippen molar-refractivity contribution in [2.24, 2.45) is 0 Å². The Morgan fingerprint density at radius 1 is 1.00 bits per heavy atom. The van der Waals surface area contributed by atoms with Crippen LogP contribution in [0, 0.1) is 0 Å². The molecule has 2 saturated heterocycles. The van der Waals surface area contributed by atoms with Crippen molar-refractivity contribution in [2.45, 2.75) is 56.5 Å². The van der Waals surface area contributed by atoms with Crippen molar-refractivity contribution in [3.8, 4) is 0 Å². The van der Waals surface area contributed by atoms with Crippen LogP contribution in [0.4, 0.5) is 0 Å². The van der Waals surface area contributed by atoms with Crippen molar-refractivity contribution >= 4 is 17.8 Å². The Morgan fingerprint density at radius 2 is 1.45 bits per heavy atom. The van der Waals surface area contributed by atoms with Gasteiger partial charge in [-0.05, 0) is 48.7 Å². The van der Waals surface area contributed by atoms with E-state index in [4.69, 9.17) is 11.8 Å². The molecular formula is C9H17PS. The second-order valence-electron chi connectivity index (χ2n) is 4.27. The lowest BCUT2D eigenvalue weighted by Crippen LogP contribution is -2.06. The number of hydrogen-bond donors (Lipinski definition) is 0. The molecule has 0 amide bonds. The summed E-state index contributed by atoms with van der Waals surface area (Å²) in [6, 6.07) is -0.880. The number of hydrogen-bond acceptors (Lipinski definition) is 1. The van der Waals surface area contributed by atoms with Crippen LogP contribution in [0.2, 0.25) is 0 Å². The fourth-order valence-electron chi connectivity index (χ4n) is 2.97. The zero-order valence-corrected chi connectivity index (χ0v) is 9.13. The fraction of sp³-hybridized carbons (Fsp3) is 1.00. The minimum absolute atomic E-state index is 0.880. The van der Waals surface area contributed by atoms with Gasteiger partial charge < -0.3 is 0 Å². The van der Waals surface area contributed by atoms with E-state index in [0.717, 1.165) is 17.0 Å². The van der Waals surface area contributed by atoms with Crippen LogP contribution in [0.25, 0.3) is 0 Å². The van der Waals surface area contributed by atoms with Crippen LogP contribution in [-0.4, -0.2) is 17.0 Å². The van der Waals surface area contributed by atoms with E-state index >= 15 is 0 Å². The van der Waals surface area contributed by atoms with Gasteiger partial charge in [0, 0.05) is 0 Å². The van der Waals surface area contributed by atoms with E-state index in [-0.39, 0.29) is 0 Å². The van der Waals surface area contributed by atoms with Crippen molar-refractivity contribution in [3.05, 3.63) is 0 Å². The van der Waals surface area contributed by atoms with Crippen LogP contribution >= 0.6 is 6.04 Å². The normalized spacial score (nSPS) is 56.4. The fourth-order valence-corrected chi connectivity index (χ4v) is 8.76. The largest absolute Gasteiger partial charge is 0.0966 e. The predicted molar refractivity (Wildman–Crippen MR) is 55.5 cm³/mol. The third-order valence-corrected chi connectivity index (χ3v) is 11.8. The SMILES string of the molecule is CC1CCC2CCC(C)P12=S. The maximum absolute atomic E-state index is 5.91. The summed E-state index contributed by atoms with van der Waals surface area (Å²) in [5.74, 6) is 0. The zero-order valence-electron chi connectivity index (χ0n) is 7.42. The summed E-state index contributed by atoms with van der Waals surface area (Å²) < 4.78 is 0. The summed E-state index contributed by atoms with van der Waals surface area (Å²) in [7, 11) is 0. The van der Waals surface area contributed by atoms with Gasteiger partial charge in [0.05, 0.1) is 0 Å². The van der Waals surface area contributed by atoms with Gasteiger partial charge in [0.25, 0.3) is 0 Å². The van der Waals surface area contributed by atoms with Crippen LogP contribution < -0.4 is 0 Å². The van der Waals surface area contributed by atoms with Crippen molar-refractivity contribution < 1.29 is 0 Å². The molecule has 0 aromatic heterocycles. The van der Waals surface area contributed by atoms with Crippen LogP contribution in [-0.2, 0) is 11.8 Å². The van der Waals surface area contributed by atoms with Gasteiger partial charge in [0.1, 0.15) is 0 Å². The van der Waals surface area contributed by atoms with Crippen LogP contribution in [0.15, 0.2) is 0 Å². The van der Waals surface area contributed by atoms with Crippen molar-refractivity contribution in [2.75, 3.05) is 0 Å². The van der Waals surface area contributed by atoms with E-state index in [9.17, 15) is 0 Å². The monoisotopic (exact) mass is 188 g/mol. The third kappa shape index (κ3) is 0.971. The Bertz CT molecular complexity index is 194. The molecule has 0 spiro atoms. The van der Waals surface area contributed by atoms with Crippen LogP contribution in [0.1, 0.15) is 39.5 Å². The molecule has 2 heterocycles. The first-order chi connectivity index (χ1) is 5.15. The lowest BCUT2D eigenvalue weighted by atomic mass is 10.1. The highest BCUT2D eigenvalue weighted by molar-refractivity contribution is 8.15. The Hall–Kier alpha value is 0.650. The minimum Gasteiger partial charge on any atom is -0.0966 e. The summed E-state index contributed by atoms with van der Waals surface area (Å²) in [6.45, 7) is 4.81. The molecule has 0 N–H and O–H groups in total. The van der Waals surface area contributed by atoms with Gasteiger partial charge in [-0.1, -0.05) is 25.7 Å². The van der Waals surface area contributed by atoms with Gasteiger partial charge >= 0.3 is 0 Å². The van der Waals surface area contributed by atoms with Gasteiger partial charge in [0.2, 0.25) is 0 Å². The molecule has 2 aliphatic heterocycles. The van der Waals surface area contributed by atoms with E-state index < -0.39 is 6.04 Å². The highest BCUT2D eigenvalue weighted by Gasteiger charge is 2.46. The first-order valence-corrected chi connectivity index (χ1v) is 7.75. The molecule has 0 nitrogen and oxygen atoms in total. The highest BCUT2D eigenvalue weighted by atomic mass is 32.4. The number of rotatable bonds is 0. The minimum atomic E-state index is -0.880. The lowest BCUT2D eigenvalue weighted by Gasteiger charge is -2.25. The molecule has 2 unspecified atom stereocenters. The summed E-state index contributed by atoms with van der Waals surface area (Å²) in [4.78, 5) is 0. The summed E-state index contributed by atoms with van der Waals surface area (Å²) in [6.07, 6.45) is 5.80. The topological polar surface area (TPSA) is 0 Å². The zero-order chi connectivity index (χ0) is 8.06. The molecule has 0 bridgehead atoms. The summed E-state index contributed by atoms with van der Waals surface area (Å²) in [5.41, 5.74) is 2.84. The van der Waals surface area contributed by atoms with Gasteiger partial charge in [0.15, 0.2) is 0 Å². The molecule has 2 heteroatoms. The average molecular weight is 188 g/mol. The first-order valence-electron chi connectivity index (χ1n) is 4.74. The van der Waals surface area contributed by atoms with Crippen LogP contribution in [0.3, 0.4) is 0 Å². The standard InChI is InChI=1S/C9H17PS/c1-7-3-5-9-6-4-8(2)10(7,9)11/h7-9H,3-6H2,1-2H3. The smallest absolute Gasteiger partial charge is 0.0113 e. The molecule has 0 aromatic rings. The van der Waals surface area contributed by atoms with Gasteiger partial charge in [-0.3, -0.25) is 0 Å². The molecule has 0 aliphatic carbocycles. The second kappa shape index (κ2) is 2.57.